The van der Waals surface area contributed by atoms with Gasteiger partial charge in [-0.2, -0.15) is 5.10 Å². The minimum absolute atomic E-state index is 0.792. The summed E-state index contributed by atoms with van der Waals surface area (Å²) in [6, 6.07) is 0. The molecule has 98 valence electrons. The van der Waals surface area contributed by atoms with E-state index in [4.69, 9.17) is 5.73 Å². The second-order valence-corrected chi connectivity index (χ2v) is 6.92. The molecule has 4 aliphatic carbocycles. The fraction of sp³-hybridized carbons (Fsp3) is 0.800. The van der Waals surface area contributed by atoms with Crippen LogP contribution in [-0.4, -0.2) is 9.78 Å². The van der Waals surface area contributed by atoms with Gasteiger partial charge in [-0.1, -0.05) is 0 Å². The summed E-state index contributed by atoms with van der Waals surface area (Å²) in [5, 5.41) is 4.31. The molecule has 0 atom stereocenters. The van der Waals surface area contributed by atoms with Gasteiger partial charge < -0.3 is 5.73 Å². The maximum atomic E-state index is 5.72. The minimum Gasteiger partial charge on any atom is -0.396 e. The zero-order valence-electron chi connectivity index (χ0n) is 11.0. The van der Waals surface area contributed by atoms with E-state index in [0.717, 1.165) is 41.8 Å². The molecule has 0 radical (unpaired) electrons. The summed E-state index contributed by atoms with van der Waals surface area (Å²) in [7, 11) is 0. The first-order valence-corrected chi connectivity index (χ1v) is 7.56. The van der Waals surface area contributed by atoms with E-state index in [2.05, 4.69) is 5.10 Å². The fourth-order valence-electron chi connectivity index (χ4n) is 5.29. The van der Waals surface area contributed by atoms with Crippen molar-refractivity contribution in [3.05, 3.63) is 12.4 Å². The number of nitrogens with zero attached hydrogens (tertiary/aromatic N) is 2. The van der Waals surface area contributed by atoms with Crippen molar-refractivity contribution in [2.24, 2.45) is 29.6 Å². The lowest BCUT2D eigenvalue weighted by Crippen LogP contribution is -2.45. The highest BCUT2D eigenvalue weighted by Gasteiger charge is 2.47. The van der Waals surface area contributed by atoms with Gasteiger partial charge in [0.1, 0.15) is 0 Å². The number of nitrogens with two attached hydrogens (primary N) is 1. The van der Waals surface area contributed by atoms with Gasteiger partial charge in [0, 0.05) is 12.7 Å². The van der Waals surface area contributed by atoms with Crippen LogP contribution in [0, 0.1) is 29.6 Å². The molecule has 0 aromatic carbocycles. The van der Waals surface area contributed by atoms with Gasteiger partial charge in [-0.25, -0.2) is 0 Å². The number of hydrogen-bond acceptors (Lipinski definition) is 2. The molecule has 18 heavy (non-hydrogen) atoms. The molecule has 4 bridgehead atoms. The standard InChI is InChI=1S/C15H23N3/c16-14-8-17-18(9-14)2-1-15-12-4-10-3-11(6-12)7-13(15)5-10/h8-13,15H,1-7,16H2. The zero-order chi connectivity index (χ0) is 12.1. The van der Waals surface area contributed by atoms with E-state index in [0.29, 0.717) is 0 Å². The molecular formula is C15H23N3. The molecule has 0 saturated heterocycles. The van der Waals surface area contributed by atoms with E-state index in [1.165, 1.54) is 32.1 Å². The van der Waals surface area contributed by atoms with Crippen LogP contribution < -0.4 is 5.73 Å². The number of anilines is 1. The molecular weight excluding hydrogens is 222 g/mol. The maximum absolute atomic E-state index is 5.72. The van der Waals surface area contributed by atoms with Crippen molar-refractivity contribution in [3.8, 4) is 0 Å². The van der Waals surface area contributed by atoms with Crippen LogP contribution in [0.25, 0.3) is 0 Å². The van der Waals surface area contributed by atoms with Gasteiger partial charge in [-0.3, -0.25) is 4.68 Å². The first-order valence-electron chi connectivity index (χ1n) is 7.56. The normalized spacial score (nSPS) is 41.4. The Balaban J connectivity index is 1.43. The summed E-state index contributed by atoms with van der Waals surface area (Å²) in [4.78, 5) is 0. The molecule has 4 saturated carbocycles. The highest BCUT2D eigenvalue weighted by atomic mass is 15.3. The van der Waals surface area contributed by atoms with Gasteiger partial charge in [0.05, 0.1) is 11.9 Å². The Hall–Kier alpha value is -0.990. The average Bonchev–Trinajstić information content (AvgIpc) is 2.73. The van der Waals surface area contributed by atoms with Crippen LogP contribution in [0.15, 0.2) is 12.4 Å². The molecule has 5 rings (SSSR count). The number of aryl methyl sites for hydroxylation is 1. The Bertz CT molecular complexity index is 409. The van der Waals surface area contributed by atoms with E-state index < -0.39 is 0 Å². The molecule has 1 heterocycles. The van der Waals surface area contributed by atoms with E-state index in [1.54, 1.807) is 12.6 Å². The Morgan fingerprint density at radius 3 is 2.33 bits per heavy atom. The number of nitrogen functional groups attached to an aromatic ring is 1. The molecule has 0 spiro atoms. The molecule has 3 heteroatoms. The third-order valence-corrected chi connectivity index (χ3v) is 5.77. The van der Waals surface area contributed by atoms with Crippen LogP contribution in [0.1, 0.15) is 38.5 Å². The maximum Gasteiger partial charge on any atom is 0.0719 e. The lowest BCUT2D eigenvalue weighted by Gasteiger charge is -2.54. The van der Waals surface area contributed by atoms with Crippen molar-refractivity contribution < 1.29 is 0 Å². The molecule has 1 aromatic heterocycles. The smallest absolute Gasteiger partial charge is 0.0719 e. The first-order chi connectivity index (χ1) is 8.78. The lowest BCUT2D eigenvalue weighted by atomic mass is 9.51. The summed E-state index contributed by atoms with van der Waals surface area (Å²) in [6.07, 6.45) is 12.7. The van der Waals surface area contributed by atoms with E-state index >= 15 is 0 Å². The molecule has 0 amide bonds. The van der Waals surface area contributed by atoms with E-state index in [9.17, 15) is 0 Å². The van der Waals surface area contributed by atoms with Crippen LogP contribution in [0.3, 0.4) is 0 Å². The Morgan fingerprint density at radius 1 is 1.11 bits per heavy atom. The quantitative estimate of drug-likeness (QED) is 0.889. The number of aromatic nitrogens is 2. The van der Waals surface area contributed by atoms with Crippen molar-refractivity contribution in [1.82, 2.24) is 9.78 Å². The van der Waals surface area contributed by atoms with Gasteiger partial charge in [-0.05, 0) is 68.1 Å². The summed E-state index contributed by atoms with van der Waals surface area (Å²) < 4.78 is 2.03. The molecule has 2 N–H and O–H groups in total. The van der Waals surface area contributed by atoms with E-state index in [1.807, 2.05) is 10.9 Å². The third kappa shape index (κ3) is 1.75. The van der Waals surface area contributed by atoms with Crippen LogP contribution >= 0.6 is 0 Å². The molecule has 4 fully saturated rings. The average molecular weight is 245 g/mol. The summed E-state index contributed by atoms with van der Waals surface area (Å²) >= 11 is 0. The Morgan fingerprint density at radius 2 is 1.78 bits per heavy atom. The topological polar surface area (TPSA) is 43.8 Å². The van der Waals surface area contributed by atoms with Gasteiger partial charge in [0.15, 0.2) is 0 Å². The van der Waals surface area contributed by atoms with Crippen molar-refractivity contribution in [1.29, 1.82) is 0 Å². The molecule has 4 aliphatic rings. The van der Waals surface area contributed by atoms with Crippen LogP contribution in [0.5, 0.6) is 0 Å². The van der Waals surface area contributed by atoms with Crippen molar-refractivity contribution in [2.75, 3.05) is 5.73 Å². The van der Waals surface area contributed by atoms with Crippen molar-refractivity contribution >= 4 is 5.69 Å². The largest absolute Gasteiger partial charge is 0.396 e. The van der Waals surface area contributed by atoms with Crippen LogP contribution in [0.4, 0.5) is 5.69 Å². The highest BCUT2D eigenvalue weighted by molar-refractivity contribution is 5.30. The Labute approximate surface area is 109 Å². The predicted molar refractivity (Wildman–Crippen MR) is 71.8 cm³/mol. The van der Waals surface area contributed by atoms with Gasteiger partial charge >= 0.3 is 0 Å². The van der Waals surface area contributed by atoms with E-state index in [-0.39, 0.29) is 0 Å². The molecule has 1 aromatic rings. The lowest BCUT2D eigenvalue weighted by molar-refractivity contribution is -0.0413. The second-order valence-electron chi connectivity index (χ2n) is 6.92. The minimum atomic E-state index is 0.792. The van der Waals surface area contributed by atoms with Crippen molar-refractivity contribution in [2.45, 2.75) is 45.1 Å². The zero-order valence-corrected chi connectivity index (χ0v) is 11.0. The third-order valence-electron chi connectivity index (χ3n) is 5.77. The monoisotopic (exact) mass is 245 g/mol. The Kier molecular flexibility index (Phi) is 2.42. The van der Waals surface area contributed by atoms with Crippen molar-refractivity contribution in [3.63, 3.8) is 0 Å². The molecule has 0 unspecified atom stereocenters. The summed E-state index contributed by atoms with van der Waals surface area (Å²) in [5.41, 5.74) is 6.51. The SMILES string of the molecule is Nc1cnn(CCC2C3CC4CC(C3)CC2C4)c1. The number of hydrogen-bond donors (Lipinski definition) is 1. The highest BCUT2D eigenvalue weighted by Crippen LogP contribution is 2.57. The van der Waals surface area contributed by atoms with Gasteiger partial charge in [-0.15, -0.1) is 0 Å². The first kappa shape index (κ1) is 10.9. The molecule has 3 nitrogen and oxygen atoms in total. The summed E-state index contributed by atoms with van der Waals surface area (Å²) in [5.74, 6) is 5.22. The van der Waals surface area contributed by atoms with Crippen LogP contribution in [-0.2, 0) is 6.54 Å². The second kappa shape index (κ2) is 4.01. The van der Waals surface area contributed by atoms with Gasteiger partial charge in [0.25, 0.3) is 0 Å². The molecule has 0 aliphatic heterocycles. The predicted octanol–water partition coefficient (Wildman–Crippen LogP) is 2.93. The van der Waals surface area contributed by atoms with Crippen LogP contribution in [0.2, 0.25) is 0 Å². The fourth-order valence-corrected chi connectivity index (χ4v) is 5.29. The van der Waals surface area contributed by atoms with Gasteiger partial charge in [0.2, 0.25) is 0 Å². The summed E-state index contributed by atoms with van der Waals surface area (Å²) in [6.45, 7) is 1.06. The number of rotatable bonds is 3.